The summed E-state index contributed by atoms with van der Waals surface area (Å²) in [4.78, 5) is 50.8. The van der Waals surface area contributed by atoms with Gasteiger partial charge in [0.2, 0.25) is 5.91 Å². The number of anilines is 1. The second kappa shape index (κ2) is 8.20. The van der Waals surface area contributed by atoms with Crippen LogP contribution in [0.2, 0.25) is 0 Å². The predicted molar refractivity (Wildman–Crippen MR) is 110 cm³/mol. The normalized spacial score (nSPS) is 11.7. The monoisotopic (exact) mass is 480 g/mol. The van der Waals surface area contributed by atoms with E-state index in [0.717, 1.165) is 34.4 Å². The second-order valence-electron chi connectivity index (χ2n) is 6.83. The molecule has 33 heavy (non-hydrogen) atoms. The zero-order valence-electron chi connectivity index (χ0n) is 16.5. The van der Waals surface area contributed by atoms with Crippen molar-refractivity contribution >= 4 is 33.4 Å². The van der Waals surface area contributed by atoms with Crippen molar-refractivity contribution in [1.29, 1.82) is 0 Å². The minimum absolute atomic E-state index is 0.0241. The summed E-state index contributed by atoms with van der Waals surface area (Å²) >= 11 is 0.921. The molecule has 9 nitrogen and oxygen atoms in total. The Morgan fingerprint density at radius 3 is 2.70 bits per heavy atom. The number of carbonyl (C=O) groups excluding carboxylic acids is 1. The molecule has 4 aromatic rings. The second-order valence-corrected chi connectivity index (χ2v) is 7.69. The highest BCUT2D eigenvalue weighted by Crippen LogP contribution is 2.34. The Hall–Kier alpha value is -3.94. The first-order chi connectivity index (χ1) is 15.5. The van der Waals surface area contributed by atoms with Crippen molar-refractivity contribution < 1.29 is 22.4 Å². The highest BCUT2D eigenvalue weighted by atomic mass is 32.1. The smallest absolute Gasteiger partial charge is 0.302 e. The molecule has 1 amide bonds. The molecule has 0 bridgehead atoms. The third-order valence-corrected chi connectivity index (χ3v) is 5.33. The van der Waals surface area contributed by atoms with Crippen LogP contribution in [0.5, 0.6) is 0 Å². The van der Waals surface area contributed by atoms with Crippen LogP contribution in [-0.4, -0.2) is 30.4 Å². The van der Waals surface area contributed by atoms with Crippen LogP contribution in [0.4, 0.5) is 22.7 Å². The van der Waals surface area contributed by atoms with Crippen molar-refractivity contribution in [3.8, 4) is 11.3 Å². The molecule has 0 aliphatic carbocycles. The van der Waals surface area contributed by atoms with Crippen LogP contribution in [0, 0.1) is 5.82 Å². The number of nitrogens with one attached hydrogen (secondary N) is 2. The lowest BCUT2D eigenvalue weighted by Gasteiger charge is -2.08. The highest BCUT2D eigenvalue weighted by Gasteiger charge is 2.31. The third-order valence-electron chi connectivity index (χ3n) is 4.57. The van der Waals surface area contributed by atoms with Crippen LogP contribution < -0.4 is 16.6 Å². The average molecular weight is 480 g/mol. The largest absolute Gasteiger partial charge is 0.416 e. The van der Waals surface area contributed by atoms with Crippen molar-refractivity contribution in [3.63, 3.8) is 0 Å². The van der Waals surface area contributed by atoms with Crippen LogP contribution >= 0.6 is 11.3 Å². The van der Waals surface area contributed by atoms with Crippen molar-refractivity contribution in [2.24, 2.45) is 7.05 Å². The van der Waals surface area contributed by atoms with E-state index in [1.165, 1.54) is 12.4 Å². The third kappa shape index (κ3) is 4.50. The number of nitrogens with zero attached hydrogens (tertiary/aromatic N) is 4. The molecule has 0 unspecified atom stereocenters. The molecule has 0 aliphatic heterocycles. The van der Waals surface area contributed by atoms with Crippen LogP contribution in [0.1, 0.15) is 11.3 Å². The van der Waals surface area contributed by atoms with Gasteiger partial charge in [0.15, 0.2) is 10.8 Å². The Morgan fingerprint density at radius 1 is 1.21 bits per heavy atom. The van der Waals surface area contributed by atoms with Gasteiger partial charge in [-0.05, 0) is 18.2 Å². The molecule has 3 heterocycles. The predicted octanol–water partition coefficient (Wildman–Crippen LogP) is 2.48. The average Bonchev–Trinajstić information content (AvgIpc) is 3.19. The minimum Gasteiger partial charge on any atom is -0.302 e. The lowest BCUT2D eigenvalue weighted by molar-refractivity contribution is -0.137. The Kier molecular flexibility index (Phi) is 5.53. The summed E-state index contributed by atoms with van der Waals surface area (Å²) in [5.74, 6) is -1.70. The summed E-state index contributed by atoms with van der Waals surface area (Å²) in [5, 5.41) is 3.84. The van der Waals surface area contributed by atoms with Gasteiger partial charge >= 0.3 is 11.9 Å². The summed E-state index contributed by atoms with van der Waals surface area (Å²) in [5.41, 5.74) is -2.54. The fourth-order valence-corrected chi connectivity index (χ4v) is 3.74. The van der Waals surface area contributed by atoms with E-state index in [9.17, 15) is 31.9 Å². The van der Waals surface area contributed by atoms with Crippen LogP contribution in [0.15, 0.2) is 39.5 Å². The summed E-state index contributed by atoms with van der Waals surface area (Å²) < 4.78 is 53.3. The van der Waals surface area contributed by atoms with Gasteiger partial charge in [0, 0.05) is 18.0 Å². The molecule has 0 atom stereocenters. The lowest BCUT2D eigenvalue weighted by atomic mass is 10.1. The molecule has 3 aromatic heterocycles. The van der Waals surface area contributed by atoms with Gasteiger partial charge in [-0.15, -0.1) is 11.3 Å². The van der Waals surface area contributed by atoms with Gasteiger partial charge in [-0.25, -0.2) is 24.1 Å². The van der Waals surface area contributed by atoms with Gasteiger partial charge in [0.05, 0.1) is 23.4 Å². The molecule has 1 aromatic carbocycles. The maximum Gasteiger partial charge on any atom is 0.416 e. The van der Waals surface area contributed by atoms with Crippen molar-refractivity contribution in [2.45, 2.75) is 12.6 Å². The summed E-state index contributed by atoms with van der Waals surface area (Å²) in [6.07, 6.45) is -4.01. The quantitative estimate of drug-likeness (QED) is 0.433. The molecule has 0 radical (unpaired) electrons. The van der Waals surface area contributed by atoms with E-state index in [-0.39, 0.29) is 39.5 Å². The van der Waals surface area contributed by atoms with Gasteiger partial charge in [0.1, 0.15) is 17.5 Å². The number of rotatable bonds is 4. The highest BCUT2D eigenvalue weighted by molar-refractivity contribution is 7.14. The zero-order chi connectivity index (χ0) is 23.9. The molecule has 170 valence electrons. The van der Waals surface area contributed by atoms with E-state index in [1.807, 2.05) is 0 Å². The topological polar surface area (TPSA) is 123 Å². The Bertz CT molecular complexity index is 1510. The molecular weight excluding hydrogens is 468 g/mol. The fraction of sp³-hybridized carbons (Fsp3) is 0.158. The molecule has 0 saturated carbocycles. The molecule has 0 fully saturated rings. The molecule has 2 N–H and O–H groups in total. The van der Waals surface area contributed by atoms with E-state index in [2.05, 4.69) is 25.3 Å². The van der Waals surface area contributed by atoms with Gasteiger partial charge in [-0.1, -0.05) is 0 Å². The Morgan fingerprint density at radius 2 is 1.97 bits per heavy atom. The first-order valence-corrected chi connectivity index (χ1v) is 9.97. The van der Waals surface area contributed by atoms with Crippen LogP contribution in [0.25, 0.3) is 22.3 Å². The van der Waals surface area contributed by atoms with E-state index < -0.39 is 34.7 Å². The SMILES string of the molecule is Cn1c(=O)[nH]c2ncnc(CC(=O)Nc3nc(-c4cc(F)cc(C(F)(F)F)c4)cs3)c2c1=O. The maximum atomic E-state index is 13.7. The Labute approximate surface area is 184 Å². The van der Waals surface area contributed by atoms with Crippen LogP contribution in [0.3, 0.4) is 0 Å². The van der Waals surface area contributed by atoms with Crippen LogP contribution in [-0.2, 0) is 24.4 Å². The number of aromatic amines is 1. The number of halogens is 4. The number of aromatic nitrogens is 5. The fourth-order valence-electron chi connectivity index (χ4n) is 3.00. The zero-order valence-corrected chi connectivity index (χ0v) is 17.3. The van der Waals surface area contributed by atoms with E-state index in [1.54, 1.807) is 0 Å². The molecule has 0 aliphatic rings. The number of alkyl halides is 3. The number of hydrogen-bond acceptors (Lipinski definition) is 7. The van der Waals surface area contributed by atoms with Gasteiger partial charge in [-0.2, -0.15) is 13.2 Å². The number of carbonyl (C=O) groups is 1. The number of thiazole rings is 1. The maximum absolute atomic E-state index is 13.7. The standard InChI is InChI=1S/C19H12F4N6O3S/c1-29-16(31)14-11(24-7-25-15(14)28-18(29)32)5-13(30)27-17-26-12(6-33-17)8-2-9(19(21,22)23)4-10(20)3-8/h2-4,6-7H,5H2,1H3,(H,26,27,30)(H,24,25,28,32). The summed E-state index contributed by atoms with van der Waals surface area (Å²) in [6.45, 7) is 0. The van der Waals surface area contributed by atoms with Gasteiger partial charge < -0.3 is 5.32 Å². The first kappa shape index (κ1) is 22.3. The molecular formula is C19H12F4N6O3S. The molecule has 14 heteroatoms. The molecule has 4 rings (SSSR count). The Balaban J connectivity index is 1.58. The minimum atomic E-state index is -4.73. The summed E-state index contributed by atoms with van der Waals surface area (Å²) in [6, 6.07) is 2.04. The van der Waals surface area contributed by atoms with Gasteiger partial charge in [-0.3, -0.25) is 19.1 Å². The number of fused-ring (bicyclic) bond motifs is 1. The van der Waals surface area contributed by atoms with Crippen molar-refractivity contribution in [2.75, 3.05) is 5.32 Å². The summed E-state index contributed by atoms with van der Waals surface area (Å²) in [7, 11) is 1.26. The van der Waals surface area contributed by atoms with Crippen molar-refractivity contribution in [3.05, 3.63) is 67.8 Å². The number of H-pyrrole nitrogens is 1. The van der Waals surface area contributed by atoms with E-state index in [0.29, 0.717) is 6.07 Å². The van der Waals surface area contributed by atoms with Gasteiger partial charge in [0.25, 0.3) is 5.56 Å². The number of hydrogen-bond donors (Lipinski definition) is 2. The molecule has 0 spiro atoms. The lowest BCUT2D eigenvalue weighted by Crippen LogP contribution is -2.33. The number of amides is 1. The van der Waals surface area contributed by atoms with Crippen molar-refractivity contribution in [1.82, 2.24) is 24.5 Å². The van der Waals surface area contributed by atoms with E-state index >= 15 is 0 Å². The first-order valence-electron chi connectivity index (χ1n) is 9.09. The van der Waals surface area contributed by atoms with E-state index in [4.69, 9.17) is 0 Å². The molecule has 0 saturated heterocycles. The number of benzene rings is 1.